The molecule has 21 heavy (non-hydrogen) atoms. The van der Waals surface area contributed by atoms with Gasteiger partial charge in [-0.05, 0) is 41.5 Å². The van der Waals surface area contributed by atoms with Crippen molar-refractivity contribution in [2.24, 2.45) is 0 Å². The van der Waals surface area contributed by atoms with E-state index in [9.17, 15) is 31.4 Å². The predicted octanol–water partition coefficient (Wildman–Crippen LogP) is 5.10. The van der Waals surface area contributed by atoms with Crippen LogP contribution in [0.4, 0.5) is 26.3 Å². The number of halogens is 6. The summed E-state index contributed by atoms with van der Waals surface area (Å²) in [7, 11) is 0. The van der Waals surface area contributed by atoms with Gasteiger partial charge in [-0.25, -0.2) is 0 Å². The van der Waals surface area contributed by atoms with Crippen molar-refractivity contribution in [3.8, 4) is 16.9 Å². The monoisotopic (exact) mass is 306 g/mol. The zero-order valence-corrected chi connectivity index (χ0v) is 10.3. The van der Waals surface area contributed by atoms with E-state index in [0.717, 1.165) is 6.07 Å². The second kappa shape index (κ2) is 4.98. The lowest BCUT2D eigenvalue weighted by Gasteiger charge is -2.14. The molecule has 0 radical (unpaired) electrons. The van der Waals surface area contributed by atoms with Crippen molar-refractivity contribution in [2.75, 3.05) is 0 Å². The van der Waals surface area contributed by atoms with Crippen LogP contribution in [0.1, 0.15) is 11.1 Å². The van der Waals surface area contributed by atoms with Gasteiger partial charge < -0.3 is 5.11 Å². The number of phenols is 1. The molecule has 2 aromatic rings. The fourth-order valence-electron chi connectivity index (χ4n) is 1.81. The summed E-state index contributed by atoms with van der Waals surface area (Å²) in [5.41, 5.74) is -2.99. The van der Waals surface area contributed by atoms with E-state index in [2.05, 4.69) is 0 Å². The highest BCUT2D eigenvalue weighted by Gasteiger charge is 2.36. The molecule has 0 unspecified atom stereocenters. The fourth-order valence-corrected chi connectivity index (χ4v) is 1.81. The van der Waals surface area contributed by atoms with Gasteiger partial charge in [-0.1, -0.05) is 12.1 Å². The maximum atomic E-state index is 12.7. The zero-order valence-electron chi connectivity index (χ0n) is 10.3. The maximum absolute atomic E-state index is 12.7. The van der Waals surface area contributed by atoms with E-state index in [1.807, 2.05) is 0 Å². The Kier molecular flexibility index (Phi) is 3.61. The smallest absolute Gasteiger partial charge is 0.416 e. The van der Waals surface area contributed by atoms with Crippen molar-refractivity contribution in [1.29, 1.82) is 0 Å². The SMILES string of the molecule is Oc1cccc(-c2cc(C(F)(F)F)cc(C(F)(F)F)c2)c1. The molecule has 0 bridgehead atoms. The van der Waals surface area contributed by atoms with Crippen LogP contribution in [0.25, 0.3) is 11.1 Å². The van der Waals surface area contributed by atoms with Crippen LogP contribution in [0.3, 0.4) is 0 Å². The van der Waals surface area contributed by atoms with Crippen molar-refractivity contribution >= 4 is 0 Å². The summed E-state index contributed by atoms with van der Waals surface area (Å²) in [5, 5.41) is 9.29. The average Bonchev–Trinajstić information content (AvgIpc) is 2.36. The quantitative estimate of drug-likeness (QED) is 0.727. The molecule has 112 valence electrons. The molecule has 0 aromatic heterocycles. The summed E-state index contributed by atoms with van der Waals surface area (Å²) in [6.07, 6.45) is -9.79. The standard InChI is InChI=1S/C14H8F6O/c15-13(16,17)10-4-9(5-11(7-10)14(18,19)20)8-2-1-3-12(21)6-8/h1-7,21H. The number of benzene rings is 2. The van der Waals surface area contributed by atoms with Crippen LogP contribution >= 0.6 is 0 Å². The third-order valence-electron chi connectivity index (χ3n) is 2.77. The minimum absolute atomic E-state index is 0.0617. The van der Waals surface area contributed by atoms with Gasteiger partial charge in [-0.3, -0.25) is 0 Å². The number of phenolic OH excluding ortho intramolecular Hbond substituents is 1. The summed E-state index contributed by atoms with van der Waals surface area (Å²) in [6, 6.07) is 6.30. The van der Waals surface area contributed by atoms with E-state index >= 15 is 0 Å². The van der Waals surface area contributed by atoms with Crippen LogP contribution in [0, 0.1) is 0 Å². The van der Waals surface area contributed by atoms with E-state index in [1.165, 1.54) is 18.2 Å². The van der Waals surface area contributed by atoms with Crippen LogP contribution in [0.5, 0.6) is 5.75 Å². The zero-order chi connectivity index (χ0) is 15.8. The first-order valence-electron chi connectivity index (χ1n) is 5.66. The van der Waals surface area contributed by atoms with E-state index in [1.54, 1.807) is 0 Å². The van der Waals surface area contributed by atoms with Crippen LogP contribution in [0.2, 0.25) is 0 Å². The van der Waals surface area contributed by atoms with Crippen LogP contribution in [0.15, 0.2) is 42.5 Å². The fraction of sp³-hybridized carbons (Fsp3) is 0.143. The Bertz CT molecular complexity index is 625. The van der Waals surface area contributed by atoms with Crippen molar-refractivity contribution in [3.05, 3.63) is 53.6 Å². The first kappa shape index (κ1) is 15.2. The average molecular weight is 306 g/mol. The van der Waals surface area contributed by atoms with Gasteiger partial charge in [0, 0.05) is 0 Å². The van der Waals surface area contributed by atoms with Gasteiger partial charge in [0.05, 0.1) is 11.1 Å². The molecule has 1 nitrogen and oxygen atoms in total. The van der Waals surface area contributed by atoms with Crippen molar-refractivity contribution in [1.82, 2.24) is 0 Å². The van der Waals surface area contributed by atoms with E-state index in [4.69, 9.17) is 0 Å². The topological polar surface area (TPSA) is 20.2 Å². The van der Waals surface area contributed by atoms with Gasteiger partial charge in [0.2, 0.25) is 0 Å². The molecule has 0 heterocycles. The highest BCUT2D eigenvalue weighted by molar-refractivity contribution is 5.67. The molecule has 0 aliphatic carbocycles. The third-order valence-corrected chi connectivity index (χ3v) is 2.77. The molecule has 0 atom stereocenters. The lowest BCUT2D eigenvalue weighted by atomic mass is 9.99. The normalized spacial score (nSPS) is 12.5. The van der Waals surface area contributed by atoms with E-state index in [-0.39, 0.29) is 22.9 Å². The van der Waals surface area contributed by atoms with Crippen LogP contribution in [-0.2, 0) is 12.4 Å². The maximum Gasteiger partial charge on any atom is 0.416 e. The second-order valence-corrected chi connectivity index (χ2v) is 4.34. The van der Waals surface area contributed by atoms with Crippen molar-refractivity contribution in [3.63, 3.8) is 0 Å². The molecule has 2 rings (SSSR count). The Morgan fingerprint density at radius 1 is 0.667 bits per heavy atom. The molecular formula is C14H8F6O. The Hall–Kier alpha value is -2.18. The molecule has 0 amide bonds. The number of hydrogen-bond acceptors (Lipinski definition) is 1. The molecule has 2 aromatic carbocycles. The Balaban J connectivity index is 2.66. The molecule has 0 fully saturated rings. The number of alkyl halides is 6. The summed E-state index contributed by atoms with van der Waals surface area (Å²) in [6.45, 7) is 0. The highest BCUT2D eigenvalue weighted by atomic mass is 19.4. The van der Waals surface area contributed by atoms with Crippen molar-refractivity contribution < 1.29 is 31.4 Å². The summed E-state index contributed by atoms with van der Waals surface area (Å²) in [4.78, 5) is 0. The Morgan fingerprint density at radius 2 is 1.19 bits per heavy atom. The number of aromatic hydroxyl groups is 1. The summed E-state index contributed by atoms with van der Waals surface area (Å²) < 4.78 is 76.3. The molecule has 0 spiro atoms. The minimum Gasteiger partial charge on any atom is -0.508 e. The van der Waals surface area contributed by atoms with Gasteiger partial charge >= 0.3 is 12.4 Å². The Labute approximate surface area is 115 Å². The third kappa shape index (κ3) is 3.48. The predicted molar refractivity (Wildman–Crippen MR) is 63.5 cm³/mol. The summed E-state index contributed by atoms with van der Waals surface area (Å²) in [5.74, 6) is -0.251. The van der Waals surface area contributed by atoms with Crippen LogP contribution in [-0.4, -0.2) is 5.11 Å². The van der Waals surface area contributed by atoms with Gasteiger partial charge in [-0.2, -0.15) is 26.3 Å². The lowest BCUT2D eigenvalue weighted by Crippen LogP contribution is -2.11. The Morgan fingerprint density at radius 3 is 1.62 bits per heavy atom. The lowest BCUT2D eigenvalue weighted by molar-refractivity contribution is -0.143. The van der Waals surface area contributed by atoms with Crippen LogP contribution < -0.4 is 0 Å². The van der Waals surface area contributed by atoms with Gasteiger partial charge in [0.25, 0.3) is 0 Å². The molecule has 0 saturated heterocycles. The highest BCUT2D eigenvalue weighted by Crippen LogP contribution is 2.38. The minimum atomic E-state index is -4.90. The molecule has 1 N–H and O–H groups in total. The molecule has 0 aliphatic heterocycles. The largest absolute Gasteiger partial charge is 0.508 e. The van der Waals surface area contributed by atoms with Crippen molar-refractivity contribution in [2.45, 2.75) is 12.4 Å². The molecule has 7 heteroatoms. The first-order chi connectivity index (χ1) is 9.57. The van der Waals surface area contributed by atoms with E-state index in [0.29, 0.717) is 12.1 Å². The molecule has 0 saturated carbocycles. The number of hydrogen-bond donors (Lipinski definition) is 1. The molecule has 0 aliphatic rings. The first-order valence-corrected chi connectivity index (χ1v) is 5.66. The van der Waals surface area contributed by atoms with Gasteiger partial charge in [0.15, 0.2) is 0 Å². The van der Waals surface area contributed by atoms with Gasteiger partial charge in [-0.15, -0.1) is 0 Å². The van der Waals surface area contributed by atoms with E-state index < -0.39 is 23.5 Å². The second-order valence-electron chi connectivity index (χ2n) is 4.34. The summed E-state index contributed by atoms with van der Waals surface area (Å²) >= 11 is 0. The molecular weight excluding hydrogens is 298 g/mol. The number of rotatable bonds is 1. The van der Waals surface area contributed by atoms with Gasteiger partial charge in [0.1, 0.15) is 5.75 Å².